The van der Waals surface area contributed by atoms with E-state index < -0.39 is 36.0 Å². The van der Waals surface area contributed by atoms with Crippen LogP contribution in [-0.2, 0) is 16.0 Å². The first kappa shape index (κ1) is 16.8. The van der Waals surface area contributed by atoms with Gasteiger partial charge in [-0.3, -0.25) is 9.59 Å². The molecule has 0 bridgehead atoms. The second-order valence-electron chi connectivity index (χ2n) is 6.81. The van der Waals surface area contributed by atoms with Gasteiger partial charge in [-0.15, -0.1) is 0 Å². The Balaban J connectivity index is 1.81. The monoisotopic (exact) mass is 340 g/mol. The van der Waals surface area contributed by atoms with Crippen LogP contribution in [0.15, 0.2) is 24.3 Å². The molecule has 24 heavy (non-hydrogen) atoms. The highest BCUT2D eigenvalue weighted by molar-refractivity contribution is 5.87. The van der Waals surface area contributed by atoms with Crippen LogP contribution in [0.2, 0.25) is 0 Å². The normalized spacial score (nSPS) is 26.2. The van der Waals surface area contributed by atoms with E-state index in [4.69, 9.17) is 0 Å². The average Bonchev–Trinajstić information content (AvgIpc) is 2.76. The van der Waals surface area contributed by atoms with Crippen LogP contribution in [0.5, 0.6) is 0 Å². The molecule has 0 aromatic heterocycles. The molecule has 0 N–H and O–H groups in total. The van der Waals surface area contributed by atoms with Crippen molar-refractivity contribution in [3.05, 3.63) is 35.6 Å². The van der Waals surface area contributed by atoms with E-state index >= 15 is 0 Å². The van der Waals surface area contributed by atoms with E-state index in [-0.39, 0.29) is 24.4 Å². The van der Waals surface area contributed by atoms with Crippen molar-refractivity contribution in [2.45, 2.75) is 25.2 Å². The molecular weight excluding hydrogens is 321 g/mol. The average molecular weight is 340 g/mol. The van der Waals surface area contributed by atoms with Crippen LogP contribution in [0.4, 0.5) is 13.2 Å². The van der Waals surface area contributed by atoms with Gasteiger partial charge in [-0.2, -0.15) is 0 Å². The molecule has 2 fully saturated rings. The molecule has 0 saturated carbocycles. The first-order chi connectivity index (χ1) is 11.2. The van der Waals surface area contributed by atoms with Crippen LogP contribution >= 0.6 is 0 Å². The number of hydrogen-bond donors (Lipinski definition) is 0. The van der Waals surface area contributed by atoms with Gasteiger partial charge in [-0.25, -0.2) is 13.2 Å². The van der Waals surface area contributed by atoms with E-state index in [9.17, 15) is 22.8 Å². The number of carbonyl (C=O) groups is 2. The summed E-state index contributed by atoms with van der Waals surface area (Å²) >= 11 is 0. The van der Waals surface area contributed by atoms with Crippen LogP contribution in [-0.4, -0.2) is 54.2 Å². The first-order valence-corrected chi connectivity index (χ1v) is 7.87. The molecular formula is C17H19F3N2O2. The minimum Gasteiger partial charge on any atom is -0.345 e. The summed E-state index contributed by atoms with van der Waals surface area (Å²) in [4.78, 5) is 27.2. The van der Waals surface area contributed by atoms with E-state index in [1.165, 1.54) is 23.1 Å². The van der Waals surface area contributed by atoms with Crippen molar-refractivity contribution in [3.63, 3.8) is 0 Å². The van der Waals surface area contributed by atoms with Gasteiger partial charge in [-0.1, -0.05) is 18.2 Å². The number of nitrogens with zero attached hydrogens (tertiary/aromatic N) is 2. The molecule has 1 aromatic carbocycles. The van der Waals surface area contributed by atoms with Crippen molar-refractivity contribution in [1.82, 2.24) is 9.80 Å². The van der Waals surface area contributed by atoms with E-state index in [1.807, 2.05) is 0 Å². The molecule has 1 aromatic rings. The Bertz CT molecular complexity index is 680. The quantitative estimate of drug-likeness (QED) is 0.827. The Morgan fingerprint density at radius 1 is 1.25 bits per heavy atom. The van der Waals surface area contributed by atoms with Gasteiger partial charge in [0.1, 0.15) is 5.82 Å². The molecule has 2 aliphatic rings. The minimum atomic E-state index is -3.12. The largest absolute Gasteiger partial charge is 0.345 e. The molecule has 1 spiro atoms. The molecule has 2 amide bonds. The van der Waals surface area contributed by atoms with E-state index in [1.54, 1.807) is 13.1 Å². The van der Waals surface area contributed by atoms with Gasteiger partial charge in [0.05, 0.1) is 18.4 Å². The van der Waals surface area contributed by atoms with Crippen molar-refractivity contribution >= 4 is 11.8 Å². The van der Waals surface area contributed by atoms with Crippen LogP contribution in [0.25, 0.3) is 0 Å². The zero-order valence-corrected chi connectivity index (χ0v) is 13.4. The molecule has 2 saturated heterocycles. The Morgan fingerprint density at radius 3 is 2.58 bits per heavy atom. The number of benzene rings is 1. The smallest absolute Gasteiger partial charge is 0.266 e. The maximum atomic E-state index is 14.2. The Kier molecular flexibility index (Phi) is 4.05. The minimum absolute atomic E-state index is 0.0287. The summed E-state index contributed by atoms with van der Waals surface area (Å²) in [5.41, 5.74) is -1.05. The molecule has 1 atom stereocenters. The molecule has 4 nitrogen and oxygen atoms in total. The highest BCUT2D eigenvalue weighted by atomic mass is 19.3. The lowest BCUT2D eigenvalue weighted by atomic mass is 9.77. The topological polar surface area (TPSA) is 40.6 Å². The summed E-state index contributed by atoms with van der Waals surface area (Å²) < 4.78 is 42.1. The van der Waals surface area contributed by atoms with Crippen LogP contribution in [0.1, 0.15) is 18.4 Å². The highest BCUT2D eigenvalue weighted by Gasteiger charge is 2.56. The van der Waals surface area contributed by atoms with E-state index in [0.29, 0.717) is 13.0 Å². The molecule has 0 aliphatic carbocycles. The Morgan fingerprint density at radius 2 is 1.96 bits per heavy atom. The maximum absolute atomic E-state index is 14.2. The van der Waals surface area contributed by atoms with Crippen molar-refractivity contribution in [3.8, 4) is 0 Å². The molecule has 130 valence electrons. The lowest BCUT2D eigenvalue weighted by molar-refractivity contribution is -0.162. The van der Waals surface area contributed by atoms with Crippen molar-refractivity contribution < 1.29 is 22.8 Å². The number of piperidine rings is 1. The fourth-order valence-corrected chi connectivity index (χ4v) is 3.71. The number of rotatable bonds is 2. The Labute approximate surface area is 138 Å². The van der Waals surface area contributed by atoms with Gasteiger partial charge in [0.15, 0.2) is 0 Å². The van der Waals surface area contributed by atoms with Crippen molar-refractivity contribution in [1.29, 1.82) is 0 Å². The van der Waals surface area contributed by atoms with Crippen molar-refractivity contribution in [2.24, 2.45) is 5.41 Å². The molecule has 2 aliphatic heterocycles. The standard InChI is InChI=1S/C17H19F3N2O2/c1-21-7-6-16(15(21)24)9-17(19,20)11-22(10-16)14(23)8-12-4-2-3-5-13(12)18/h2-5H,6-11H2,1H3. The predicted octanol–water partition coefficient (Wildman–Crippen LogP) is 2.08. The summed E-state index contributed by atoms with van der Waals surface area (Å²) in [6, 6.07) is 5.78. The second kappa shape index (κ2) is 5.79. The number of alkyl halides is 2. The molecule has 2 heterocycles. The number of likely N-dealkylation sites (tertiary alicyclic amines) is 2. The summed E-state index contributed by atoms with van der Waals surface area (Å²) in [6.45, 7) is -0.345. The zero-order chi connectivity index (χ0) is 17.5. The van der Waals surface area contributed by atoms with Crippen LogP contribution < -0.4 is 0 Å². The van der Waals surface area contributed by atoms with E-state index in [2.05, 4.69) is 0 Å². The fourth-order valence-electron chi connectivity index (χ4n) is 3.71. The molecule has 3 rings (SSSR count). The number of halogens is 3. The SMILES string of the molecule is CN1CCC2(CN(C(=O)Cc3ccccc3F)CC(F)(F)C2)C1=O. The van der Waals surface area contributed by atoms with Gasteiger partial charge in [0.2, 0.25) is 11.8 Å². The van der Waals surface area contributed by atoms with Crippen molar-refractivity contribution in [2.75, 3.05) is 26.7 Å². The van der Waals surface area contributed by atoms with Crippen LogP contribution in [0, 0.1) is 11.2 Å². The number of hydrogen-bond acceptors (Lipinski definition) is 2. The van der Waals surface area contributed by atoms with Gasteiger partial charge in [0, 0.05) is 26.6 Å². The second-order valence-corrected chi connectivity index (χ2v) is 6.81. The lowest BCUT2D eigenvalue weighted by Crippen LogP contribution is -2.57. The highest BCUT2D eigenvalue weighted by Crippen LogP contribution is 2.45. The molecule has 0 radical (unpaired) electrons. The van der Waals surface area contributed by atoms with Gasteiger partial charge in [-0.05, 0) is 18.1 Å². The van der Waals surface area contributed by atoms with E-state index in [0.717, 1.165) is 4.90 Å². The summed E-state index contributed by atoms with van der Waals surface area (Å²) in [6.07, 6.45) is -0.517. The third kappa shape index (κ3) is 2.99. The van der Waals surface area contributed by atoms with Gasteiger partial charge in [0.25, 0.3) is 5.92 Å². The van der Waals surface area contributed by atoms with Gasteiger partial charge < -0.3 is 9.80 Å². The zero-order valence-electron chi connectivity index (χ0n) is 13.4. The number of amides is 2. The first-order valence-electron chi connectivity index (χ1n) is 7.87. The number of carbonyl (C=O) groups excluding carboxylic acids is 2. The van der Waals surface area contributed by atoms with Gasteiger partial charge >= 0.3 is 0 Å². The third-order valence-corrected chi connectivity index (χ3v) is 4.89. The molecule has 7 heteroatoms. The fraction of sp³-hybridized carbons (Fsp3) is 0.529. The maximum Gasteiger partial charge on any atom is 0.266 e. The summed E-state index contributed by atoms with van der Waals surface area (Å²) in [5.74, 6) is -4.59. The summed E-state index contributed by atoms with van der Waals surface area (Å²) in [5, 5.41) is 0. The lowest BCUT2D eigenvalue weighted by Gasteiger charge is -2.42. The Hall–Kier alpha value is -2.05. The van der Waals surface area contributed by atoms with Crippen LogP contribution in [0.3, 0.4) is 0 Å². The molecule has 1 unspecified atom stereocenters. The summed E-state index contributed by atoms with van der Waals surface area (Å²) in [7, 11) is 1.58. The third-order valence-electron chi connectivity index (χ3n) is 4.89. The predicted molar refractivity (Wildman–Crippen MR) is 80.9 cm³/mol.